The van der Waals surface area contributed by atoms with Crippen LogP contribution >= 0.6 is 22.6 Å². The molecule has 0 unspecified atom stereocenters. The molecular formula is C10H17IO2. The standard InChI is InChI=1S/C10H17IO2/c1-12-4-5-13-3-2-9-6-10(11,7-9)8-9/h2-8H2,1H3. The minimum atomic E-state index is 0.703. The lowest BCUT2D eigenvalue weighted by Gasteiger charge is -2.68. The minimum absolute atomic E-state index is 0.703. The van der Waals surface area contributed by atoms with E-state index in [0.29, 0.717) is 8.84 Å². The summed E-state index contributed by atoms with van der Waals surface area (Å²) in [5, 5.41) is 0. The summed E-state index contributed by atoms with van der Waals surface area (Å²) < 4.78 is 11.1. The highest BCUT2D eigenvalue weighted by atomic mass is 127. The van der Waals surface area contributed by atoms with Crippen LogP contribution < -0.4 is 0 Å². The fourth-order valence-electron chi connectivity index (χ4n) is 2.66. The third-order valence-electron chi connectivity index (χ3n) is 3.28. The van der Waals surface area contributed by atoms with Gasteiger partial charge in [0.15, 0.2) is 0 Å². The van der Waals surface area contributed by atoms with Gasteiger partial charge in [0.2, 0.25) is 0 Å². The lowest BCUT2D eigenvalue weighted by molar-refractivity contribution is -0.0876. The summed E-state index contributed by atoms with van der Waals surface area (Å²) in [5.74, 6) is 0. The smallest absolute Gasteiger partial charge is 0.0700 e. The molecule has 13 heavy (non-hydrogen) atoms. The first-order valence-electron chi connectivity index (χ1n) is 4.94. The highest BCUT2D eigenvalue weighted by molar-refractivity contribution is 14.1. The van der Waals surface area contributed by atoms with E-state index in [0.717, 1.165) is 19.8 Å². The molecule has 3 fully saturated rings. The van der Waals surface area contributed by atoms with Crippen molar-refractivity contribution in [3.63, 3.8) is 0 Å². The van der Waals surface area contributed by atoms with E-state index in [-0.39, 0.29) is 0 Å². The number of halogens is 1. The molecular weight excluding hydrogens is 279 g/mol. The maximum absolute atomic E-state index is 5.48. The Bertz CT molecular complexity index is 174. The molecule has 0 N–H and O–H groups in total. The number of rotatable bonds is 6. The van der Waals surface area contributed by atoms with Crippen molar-refractivity contribution in [1.29, 1.82) is 0 Å². The number of hydrogen-bond donors (Lipinski definition) is 0. The van der Waals surface area contributed by atoms with Crippen LogP contribution in [-0.4, -0.2) is 30.4 Å². The van der Waals surface area contributed by atoms with Crippen LogP contribution in [0.5, 0.6) is 0 Å². The second-order valence-electron chi connectivity index (χ2n) is 4.54. The van der Waals surface area contributed by atoms with Crippen LogP contribution in [0.4, 0.5) is 0 Å². The molecule has 0 aromatic heterocycles. The molecule has 2 nitrogen and oxygen atoms in total. The Labute approximate surface area is 93.5 Å². The SMILES string of the molecule is COCCOCCC12CC(I)(C1)C2. The number of hydrogen-bond acceptors (Lipinski definition) is 2. The lowest BCUT2D eigenvalue weighted by Crippen LogP contribution is -2.63. The second kappa shape index (κ2) is 3.66. The van der Waals surface area contributed by atoms with Crippen LogP contribution in [0.2, 0.25) is 0 Å². The Morgan fingerprint density at radius 1 is 1.15 bits per heavy atom. The minimum Gasteiger partial charge on any atom is -0.382 e. The normalized spacial score (nSPS) is 41.1. The molecule has 3 rings (SSSR count). The molecule has 0 aromatic carbocycles. The van der Waals surface area contributed by atoms with Gasteiger partial charge in [0.1, 0.15) is 0 Å². The molecule has 0 radical (unpaired) electrons. The average Bonchev–Trinajstić information content (AvgIpc) is 1.98. The van der Waals surface area contributed by atoms with Gasteiger partial charge in [-0.05, 0) is 31.1 Å². The first-order chi connectivity index (χ1) is 6.18. The topological polar surface area (TPSA) is 18.5 Å². The van der Waals surface area contributed by atoms with Gasteiger partial charge < -0.3 is 9.47 Å². The first kappa shape index (κ1) is 10.2. The molecule has 0 saturated heterocycles. The average molecular weight is 296 g/mol. The molecule has 0 aliphatic heterocycles. The van der Waals surface area contributed by atoms with Gasteiger partial charge in [-0.25, -0.2) is 0 Å². The van der Waals surface area contributed by atoms with E-state index in [9.17, 15) is 0 Å². The van der Waals surface area contributed by atoms with Crippen molar-refractivity contribution in [2.45, 2.75) is 29.1 Å². The Morgan fingerprint density at radius 2 is 1.85 bits per heavy atom. The predicted octanol–water partition coefficient (Wildman–Crippen LogP) is 2.40. The van der Waals surface area contributed by atoms with Gasteiger partial charge in [0.25, 0.3) is 0 Å². The molecule has 3 aliphatic rings. The van der Waals surface area contributed by atoms with Crippen molar-refractivity contribution >= 4 is 22.6 Å². The summed E-state index contributed by atoms with van der Waals surface area (Å²) >= 11 is 2.62. The van der Waals surface area contributed by atoms with E-state index in [1.54, 1.807) is 7.11 Å². The Morgan fingerprint density at radius 3 is 2.38 bits per heavy atom. The lowest BCUT2D eigenvalue weighted by atomic mass is 9.43. The van der Waals surface area contributed by atoms with Crippen LogP contribution in [0.25, 0.3) is 0 Å². The Balaban J connectivity index is 1.51. The monoisotopic (exact) mass is 296 g/mol. The van der Waals surface area contributed by atoms with Gasteiger partial charge >= 0.3 is 0 Å². The summed E-state index contributed by atoms with van der Waals surface area (Å²) in [6.07, 6.45) is 5.58. The number of methoxy groups -OCH3 is 1. The molecule has 0 atom stereocenters. The predicted molar refractivity (Wildman–Crippen MR) is 60.3 cm³/mol. The molecule has 0 heterocycles. The molecule has 3 aliphatic carbocycles. The van der Waals surface area contributed by atoms with E-state index < -0.39 is 0 Å². The molecule has 2 bridgehead atoms. The number of ether oxygens (including phenoxy) is 2. The van der Waals surface area contributed by atoms with Crippen molar-refractivity contribution in [2.24, 2.45) is 5.41 Å². The van der Waals surface area contributed by atoms with Crippen LogP contribution in [0.3, 0.4) is 0 Å². The van der Waals surface area contributed by atoms with Crippen molar-refractivity contribution in [2.75, 3.05) is 26.9 Å². The highest BCUT2D eigenvalue weighted by Gasteiger charge is 2.65. The molecule has 76 valence electrons. The summed E-state index contributed by atoms with van der Waals surface area (Å²) in [6.45, 7) is 2.40. The van der Waals surface area contributed by atoms with Crippen LogP contribution in [0.1, 0.15) is 25.7 Å². The van der Waals surface area contributed by atoms with Gasteiger partial charge in [0.05, 0.1) is 13.2 Å². The summed E-state index contributed by atoms with van der Waals surface area (Å²) in [7, 11) is 1.71. The van der Waals surface area contributed by atoms with E-state index >= 15 is 0 Å². The molecule has 3 heteroatoms. The van der Waals surface area contributed by atoms with Gasteiger partial charge in [-0.15, -0.1) is 0 Å². The molecule has 0 aromatic rings. The van der Waals surface area contributed by atoms with Gasteiger partial charge in [-0.3, -0.25) is 0 Å². The second-order valence-corrected chi connectivity index (χ2v) is 6.82. The van der Waals surface area contributed by atoms with Gasteiger partial charge in [0, 0.05) is 17.1 Å². The zero-order chi connectivity index (χ0) is 9.36. The van der Waals surface area contributed by atoms with Gasteiger partial charge in [-0.1, -0.05) is 22.6 Å². The third kappa shape index (κ3) is 2.02. The van der Waals surface area contributed by atoms with Crippen LogP contribution in [-0.2, 0) is 9.47 Å². The fourth-order valence-corrected chi connectivity index (χ4v) is 5.09. The van der Waals surface area contributed by atoms with Gasteiger partial charge in [-0.2, -0.15) is 0 Å². The first-order valence-corrected chi connectivity index (χ1v) is 6.02. The maximum atomic E-state index is 5.48. The molecule has 3 saturated carbocycles. The van der Waals surface area contributed by atoms with Crippen molar-refractivity contribution in [1.82, 2.24) is 0 Å². The quantitative estimate of drug-likeness (QED) is 0.426. The summed E-state index contributed by atoms with van der Waals surface area (Å²) in [5.41, 5.74) is 0.703. The van der Waals surface area contributed by atoms with E-state index in [4.69, 9.17) is 9.47 Å². The fraction of sp³-hybridized carbons (Fsp3) is 1.00. The Hall–Kier alpha value is 0.650. The van der Waals surface area contributed by atoms with Crippen molar-refractivity contribution in [3.05, 3.63) is 0 Å². The maximum Gasteiger partial charge on any atom is 0.0700 e. The third-order valence-corrected chi connectivity index (χ3v) is 4.43. The van der Waals surface area contributed by atoms with Crippen LogP contribution in [0.15, 0.2) is 0 Å². The van der Waals surface area contributed by atoms with E-state index in [2.05, 4.69) is 22.6 Å². The largest absolute Gasteiger partial charge is 0.382 e. The van der Waals surface area contributed by atoms with Crippen LogP contribution in [0, 0.1) is 5.41 Å². The zero-order valence-electron chi connectivity index (χ0n) is 8.14. The zero-order valence-corrected chi connectivity index (χ0v) is 10.3. The highest BCUT2D eigenvalue weighted by Crippen LogP contribution is 2.73. The summed E-state index contributed by atoms with van der Waals surface area (Å²) in [6, 6.07) is 0. The van der Waals surface area contributed by atoms with E-state index in [1.165, 1.54) is 25.7 Å². The van der Waals surface area contributed by atoms with Crippen molar-refractivity contribution < 1.29 is 9.47 Å². The number of alkyl halides is 1. The van der Waals surface area contributed by atoms with Crippen molar-refractivity contribution in [3.8, 4) is 0 Å². The Kier molecular flexibility index (Phi) is 2.87. The molecule has 0 amide bonds. The van der Waals surface area contributed by atoms with E-state index in [1.807, 2.05) is 0 Å². The molecule has 0 spiro atoms. The summed E-state index contributed by atoms with van der Waals surface area (Å²) in [4.78, 5) is 0.